The molecule has 2 N–H and O–H groups in total. The van der Waals surface area contributed by atoms with Crippen LogP contribution < -0.4 is 5.32 Å². The van der Waals surface area contributed by atoms with Crippen molar-refractivity contribution >= 4 is 11.9 Å². The molecule has 1 rings (SSSR count). The molecule has 0 spiro atoms. The van der Waals surface area contributed by atoms with E-state index in [0.29, 0.717) is 6.54 Å². The van der Waals surface area contributed by atoms with E-state index in [2.05, 4.69) is 15.6 Å². The van der Waals surface area contributed by atoms with Gasteiger partial charge in [-0.2, -0.15) is 0 Å². The third kappa shape index (κ3) is 4.62. The van der Waals surface area contributed by atoms with Gasteiger partial charge in [0.25, 0.3) is 0 Å². The SMILES string of the molecule is CC(C)(C)CNC(=O)Cn1cc(C(=O)O)nn1. The number of carboxylic acid groups (broad SMARTS) is 1. The van der Waals surface area contributed by atoms with Crippen molar-refractivity contribution in [3.05, 3.63) is 11.9 Å². The van der Waals surface area contributed by atoms with Crippen LogP contribution in [0.3, 0.4) is 0 Å². The van der Waals surface area contributed by atoms with Gasteiger partial charge < -0.3 is 10.4 Å². The smallest absolute Gasteiger partial charge is 0.358 e. The minimum atomic E-state index is -1.16. The van der Waals surface area contributed by atoms with E-state index in [4.69, 9.17) is 5.11 Å². The molecule has 0 aromatic carbocycles. The van der Waals surface area contributed by atoms with Crippen LogP contribution in [-0.2, 0) is 11.3 Å². The Morgan fingerprint density at radius 1 is 1.47 bits per heavy atom. The fourth-order valence-corrected chi connectivity index (χ4v) is 1.04. The molecule has 7 heteroatoms. The van der Waals surface area contributed by atoms with Crippen LogP contribution in [0.4, 0.5) is 0 Å². The van der Waals surface area contributed by atoms with Gasteiger partial charge in [0.15, 0.2) is 5.69 Å². The molecule has 1 aromatic heterocycles. The maximum absolute atomic E-state index is 11.5. The summed E-state index contributed by atoms with van der Waals surface area (Å²) in [5, 5.41) is 18.3. The van der Waals surface area contributed by atoms with Gasteiger partial charge >= 0.3 is 5.97 Å². The Hall–Kier alpha value is -1.92. The number of rotatable bonds is 4. The van der Waals surface area contributed by atoms with Gasteiger partial charge in [0.05, 0.1) is 6.20 Å². The Morgan fingerprint density at radius 3 is 2.59 bits per heavy atom. The second-order valence-electron chi connectivity index (χ2n) is 4.94. The van der Waals surface area contributed by atoms with Gasteiger partial charge in [0.2, 0.25) is 5.91 Å². The third-order valence-corrected chi connectivity index (χ3v) is 1.88. The van der Waals surface area contributed by atoms with E-state index in [9.17, 15) is 9.59 Å². The molecule has 17 heavy (non-hydrogen) atoms. The highest BCUT2D eigenvalue weighted by molar-refractivity contribution is 5.84. The van der Waals surface area contributed by atoms with Gasteiger partial charge in [-0.3, -0.25) is 4.79 Å². The van der Waals surface area contributed by atoms with Crippen LogP contribution in [0, 0.1) is 5.41 Å². The number of nitrogens with zero attached hydrogens (tertiary/aromatic N) is 3. The molecule has 0 radical (unpaired) electrons. The average Bonchev–Trinajstić information content (AvgIpc) is 2.62. The molecule has 0 fully saturated rings. The van der Waals surface area contributed by atoms with E-state index >= 15 is 0 Å². The first kappa shape index (κ1) is 13.1. The number of carboxylic acids is 1. The lowest BCUT2D eigenvalue weighted by Gasteiger charge is -2.18. The van der Waals surface area contributed by atoms with Crippen LogP contribution >= 0.6 is 0 Å². The zero-order valence-electron chi connectivity index (χ0n) is 10.1. The fraction of sp³-hybridized carbons (Fsp3) is 0.600. The van der Waals surface area contributed by atoms with Gasteiger partial charge in [-0.1, -0.05) is 26.0 Å². The summed E-state index contributed by atoms with van der Waals surface area (Å²) in [4.78, 5) is 22.0. The second-order valence-corrected chi connectivity index (χ2v) is 4.94. The molecule has 0 atom stereocenters. The molecular formula is C10H16N4O3. The van der Waals surface area contributed by atoms with E-state index < -0.39 is 5.97 Å². The quantitative estimate of drug-likeness (QED) is 0.780. The molecule has 1 heterocycles. The van der Waals surface area contributed by atoms with Crippen molar-refractivity contribution in [2.45, 2.75) is 27.3 Å². The summed E-state index contributed by atoms with van der Waals surface area (Å²) < 4.78 is 1.20. The Balaban J connectivity index is 2.48. The second kappa shape index (κ2) is 4.94. The largest absolute Gasteiger partial charge is 0.476 e. The molecule has 0 aliphatic heterocycles. The zero-order valence-corrected chi connectivity index (χ0v) is 10.1. The number of aromatic nitrogens is 3. The predicted molar refractivity (Wildman–Crippen MR) is 59.4 cm³/mol. The van der Waals surface area contributed by atoms with Crippen LogP contribution in [0.25, 0.3) is 0 Å². The van der Waals surface area contributed by atoms with Gasteiger partial charge in [0.1, 0.15) is 6.54 Å². The van der Waals surface area contributed by atoms with E-state index in [0.717, 1.165) is 0 Å². The highest BCUT2D eigenvalue weighted by atomic mass is 16.4. The Kier molecular flexibility index (Phi) is 3.82. The fourth-order valence-electron chi connectivity index (χ4n) is 1.04. The van der Waals surface area contributed by atoms with Crippen molar-refractivity contribution in [3.63, 3.8) is 0 Å². The van der Waals surface area contributed by atoms with Crippen LogP contribution in [0.2, 0.25) is 0 Å². The normalized spacial score (nSPS) is 11.2. The molecular weight excluding hydrogens is 224 g/mol. The first-order valence-corrected chi connectivity index (χ1v) is 5.18. The summed E-state index contributed by atoms with van der Waals surface area (Å²) in [6.45, 7) is 6.53. The van der Waals surface area contributed by atoms with E-state index in [1.54, 1.807) is 0 Å². The summed E-state index contributed by atoms with van der Waals surface area (Å²) in [5.74, 6) is -1.38. The Bertz CT molecular complexity index is 419. The van der Waals surface area contributed by atoms with Crippen LogP contribution in [0.1, 0.15) is 31.3 Å². The molecule has 1 amide bonds. The van der Waals surface area contributed by atoms with E-state index in [1.807, 2.05) is 20.8 Å². The maximum Gasteiger partial charge on any atom is 0.358 e. The summed E-state index contributed by atoms with van der Waals surface area (Å²) in [6, 6.07) is 0. The highest BCUT2D eigenvalue weighted by Crippen LogP contribution is 2.09. The number of amides is 1. The molecule has 0 aliphatic carbocycles. The number of nitrogens with one attached hydrogen (secondary N) is 1. The first-order valence-electron chi connectivity index (χ1n) is 5.18. The first-order chi connectivity index (χ1) is 7.78. The number of carbonyl (C=O) groups is 2. The van der Waals surface area contributed by atoms with Gasteiger partial charge in [-0.25, -0.2) is 9.48 Å². The molecule has 0 unspecified atom stereocenters. The van der Waals surface area contributed by atoms with Crippen molar-refractivity contribution in [2.75, 3.05) is 6.54 Å². The lowest BCUT2D eigenvalue weighted by atomic mass is 9.97. The van der Waals surface area contributed by atoms with E-state index in [-0.39, 0.29) is 23.6 Å². The summed E-state index contributed by atoms with van der Waals surface area (Å²) in [5.41, 5.74) is -0.168. The minimum absolute atomic E-state index is 0.00422. The molecule has 0 bridgehead atoms. The maximum atomic E-state index is 11.5. The molecule has 0 aliphatic rings. The van der Waals surface area contributed by atoms with Gasteiger partial charge in [-0.15, -0.1) is 5.10 Å². The number of aromatic carboxylic acids is 1. The Morgan fingerprint density at radius 2 is 2.12 bits per heavy atom. The summed E-state index contributed by atoms with van der Waals surface area (Å²) in [6.07, 6.45) is 1.22. The van der Waals surface area contributed by atoms with Crippen LogP contribution in [0.5, 0.6) is 0 Å². The van der Waals surface area contributed by atoms with Crippen LogP contribution in [0.15, 0.2) is 6.20 Å². The predicted octanol–water partition coefficient (Wildman–Crippen LogP) is 0.139. The number of carbonyl (C=O) groups excluding carboxylic acids is 1. The summed E-state index contributed by atoms with van der Waals surface area (Å²) >= 11 is 0. The molecule has 1 aromatic rings. The van der Waals surface area contributed by atoms with Crippen LogP contribution in [-0.4, -0.2) is 38.5 Å². The lowest BCUT2D eigenvalue weighted by Crippen LogP contribution is -2.34. The standard InChI is InChI=1S/C10H16N4O3/c1-10(2,3)6-11-8(15)5-14-4-7(9(16)17)12-13-14/h4H,5-6H2,1-3H3,(H,11,15)(H,16,17). The number of hydrogen-bond acceptors (Lipinski definition) is 4. The van der Waals surface area contributed by atoms with Gasteiger partial charge in [-0.05, 0) is 5.41 Å². The van der Waals surface area contributed by atoms with Gasteiger partial charge in [0, 0.05) is 6.54 Å². The van der Waals surface area contributed by atoms with Crippen molar-refractivity contribution in [1.29, 1.82) is 0 Å². The minimum Gasteiger partial charge on any atom is -0.476 e. The Labute approximate surface area is 98.8 Å². The highest BCUT2D eigenvalue weighted by Gasteiger charge is 2.13. The van der Waals surface area contributed by atoms with Crippen molar-refractivity contribution in [1.82, 2.24) is 20.3 Å². The molecule has 0 saturated carbocycles. The van der Waals surface area contributed by atoms with Crippen molar-refractivity contribution < 1.29 is 14.7 Å². The third-order valence-electron chi connectivity index (χ3n) is 1.88. The average molecular weight is 240 g/mol. The molecule has 7 nitrogen and oxygen atoms in total. The molecule has 0 saturated heterocycles. The van der Waals surface area contributed by atoms with E-state index in [1.165, 1.54) is 10.9 Å². The summed E-state index contributed by atoms with van der Waals surface area (Å²) in [7, 11) is 0. The topological polar surface area (TPSA) is 97.1 Å². The van der Waals surface area contributed by atoms with Crippen molar-refractivity contribution in [3.8, 4) is 0 Å². The number of hydrogen-bond donors (Lipinski definition) is 2. The molecule has 94 valence electrons. The lowest BCUT2D eigenvalue weighted by molar-refractivity contribution is -0.122. The monoisotopic (exact) mass is 240 g/mol. The zero-order chi connectivity index (χ0) is 13.1. The van der Waals surface area contributed by atoms with Crippen molar-refractivity contribution in [2.24, 2.45) is 5.41 Å².